The Hall–Kier alpha value is -1.35. The van der Waals surface area contributed by atoms with Crippen LogP contribution in [0, 0.1) is 0 Å². The van der Waals surface area contributed by atoms with Gasteiger partial charge in [0.15, 0.2) is 0 Å². The third-order valence-corrected chi connectivity index (χ3v) is 4.52. The van der Waals surface area contributed by atoms with Gasteiger partial charge in [-0.15, -0.1) is 0 Å². The zero-order valence-electron chi connectivity index (χ0n) is 13.9. The Bertz CT molecular complexity index is 459. The molecule has 122 valence electrons. The molecule has 0 bridgehead atoms. The minimum Gasteiger partial charge on any atom is -0.274 e. The van der Waals surface area contributed by atoms with E-state index >= 15 is 0 Å². The lowest BCUT2D eigenvalue weighted by Crippen LogP contribution is -2.29. The van der Waals surface area contributed by atoms with Gasteiger partial charge in [0, 0.05) is 6.42 Å². The Balaban J connectivity index is 2.07. The summed E-state index contributed by atoms with van der Waals surface area (Å²) in [6.07, 6.45) is 11.6. The van der Waals surface area contributed by atoms with Crippen LogP contribution < -0.4 is 0 Å². The highest BCUT2D eigenvalue weighted by Crippen LogP contribution is 2.18. The summed E-state index contributed by atoms with van der Waals surface area (Å²) in [6, 6.07) is 8.44. The molecule has 0 aromatic heterocycles. The Kier molecular flexibility index (Phi) is 7.44. The van der Waals surface area contributed by atoms with E-state index < -0.39 is 0 Å². The van der Waals surface area contributed by atoms with Gasteiger partial charge in [-0.1, -0.05) is 62.8 Å². The SMILES string of the molecule is CON1Cc2ccccc2CCCCCCCCCCC1=O. The fraction of sp³-hybridized carbons (Fsp3) is 0.632. The molecule has 0 aliphatic carbocycles. The molecule has 1 aliphatic rings. The maximum atomic E-state index is 12.3. The number of hydroxylamine groups is 2. The minimum atomic E-state index is 0.104. The summed E-state index contributed by atoms with van der Waals surface area (Å²) in [5, 5.41) is 1.53. The molecule has 0 fully saturated rings. The van der Waals surface area contributed by atoms with E-state index in [1.807, 2.05) is 6.07 Å². The van der Waals surface area contributed by atoms with Crippen LogP contribution >= 0.6 is 0 Å². The highest BCUT2D eigenvalue weighted by molar-refractivity contribution is 5.75. The van der Waals surface area contributed by atoms with Crippen LogP contribution in [0.4, 0.5) is 0 Å². The van der Waals surface area contributed by atoms with Crippen molar-refractivity contribution in [1.29, 1.82) is 0 Å². The quantitative estimate of drug-likeness (QED) is 0.756. The predicted octanol–water partition coefficient (Wildman–Crippen LogP) is 4.64. The van der Waals surface area contributed by atoms with Crippen LogP contribution in [0.25, 0.3) is 0 Å². The zero-order valence-corrected chi connectivity index (χ0v) is 13.9. The maximum absolute atomic E-state index is 12.3. The van der Waals surface area contributed by atoms with Crippen molar-refractivity contribution in [3.8, 4) is 0 Å². The third-order valence-electron chi connectivity index (χ3n) is 4.52. The highest BCUT2D eigenvalue weighted by atomic mass is 16.7. The largest absolute Gasteiger partial charge is 0.274 e. The lowest BCUT2D eigenvalue weighted by atomic mass is 10.00. The van der Waals surface area contributed by atoms with Gasteiger partial charge in [0.05, 0.1) is 13.7 Å². The molecule has 22 heavy (non-hydrogen) atoms. The van der Waals surface area contributed by atoms with Gasteiger partial charge in [0.2, 0.25) is 5.91 Å². The molecule has 1 aromatic carbocycles. The van der Waals surface area contributed by atoms with Gasteiger partial charge in [-0.25, -0.2) is 5.06 Å². The van der Waals surface area contributed by atoms with Crippen LogP contribution in [0.15, 0.2) is 24.3 Å². The molecule has 2 rings (SSSR count). The molecule has 0 spiro atoms. The summed E-state index contributed by atoms with van der Waals surface area (Å²) in [5.41, 5.74) is 2.57. The lowest BCUT2D eigenvalue weighted by molar-refractivity contribution is -0.179. The molecule has 1 amide bonds. The Morgan fingerprint density at radius 2 is 1.36 bits per heavy atom. The molecule has 0 saturated heterocycles. The van der Waals surface area contributed by atoms with Crippen LogP contribution in [0.5, 0.6) is 0 Å². The maximum Gasteiger partial charge on any atom is 0.246 e. The Morgan fingerprint density at radius 3 is 2.00 bits per heavy atom. The molecule has 0 unspecified atom stereocenters. The number of benzene rings is 1. The van der Waals surface area contributed by atoms with Crippen molar-refractivity contribution in [3.05, 3.63) is 35.4 Å². The van der Waals surface area contributed by atoms with Crippen LogP contribution in [-0.4, -0.2) is 18.1 Å². The van der Waals surface area contributed by atoms with Crippen molar-refractivity contribution in [2.45, 2.75) is 70.8 Å². The molecule has 1 heterocycles. The second-order valence-corrected chi connectivity index (χ2v) is 6.21. The summed E-state index contributed by atoms with van der Waals surface area (Å²) >= 11 is 0. The van der Waals surface area contributed by atoms with E-state index in [-0.39, 0.29) is 5.91 Å². The second kappa shape index (κ2) is 9.62. The molecule has 1 aromatic rings. The average Bonchev–Trinajstić information content (AvgIpc) is 2.55. The van der Waals surface area contributed by atoms with Gasteiger partial charge < -0.3 is 0 Å². The smallest absolute Gasteiger partial charge is 0.246 e. The number of aryl methyl sites for hydroxylation is 1. The molecule has 3 heteroatoms. The molecule has 1 aliphatic heterocycles. The van der Waals surface area contributed by atoms with Gasteiger partial charge in [-0.05, 0) is 30.4 Å². The number of nitrogens with zero attached hydrogens (tertiary/aromatic N) is 1. The number of carbonyl (C=O) groups excluding carboxylic acids is 1. The first kappa shape index (κ1) is 17.0. The summed E-state index contributed by atoms with van der Waals surface area (Å²) in [5.74, 6) is 0.104. The summed E-state index contributed by atoms with van der Waals surface area (Å²) < 4.78 is 0. The van der Waals surface area contributed by atoms with E-state index in [2.05, 4.69) is 18.2 Å². The summed E-state index contributed by atoms with van der Waals surface area (Å²) in [6.45, 7) is 0.561. The van der Waals surface area contributed by atoms with Crippen LogP contribution in [0.1, 0.15) is 68.9 Å². The van der Waals surface area contributed by atoms with Gasteiger partial charge in [0.25, 0.3) is 0 Å². The van der Waals surface area contributed by atoms with Crippen molar-refractivity contribution in [3.63, 3.8) is 0 Å². The molecule has 0 atom stereocenters. The summed E-state index contributed by atoms with van der Waals surface area (Å²) in [4.78, 5) is 17.6. The van der Waals surface area contributed by atoms with Gasteiger partial charge in [-0.2, -0.15) is 0 Å². The first-order valence-electron chi connectivity index (χ1n) is 8.72. The van der Waals surface area contributed by atoms with Crippen molar-refractivity contribution in [2.75, 3.05) is 7.11 Å². The van der Waals surface area contributed by atoms with Crippen molar-refractivity contribution in [2.24, 2.45) is 0 Å². The standard InChI is InChI=1S/C19H29NO2/c1-22-20-16-18-14-11-10-13-17(18)12-8-6-4-2-3-5-7-9-15-19(20)21/h10-11,13-14H,2-9,12,15-16H2,1H3. The van der Waals surface area contributed by atoms with E-state index in [1.165, 1.54) is 54.7 Å². The molecular formula is C19H29NO2. The Morgan fingerprint density at radius 1 is 0.818 bits per heavy atom. The average molecular weight is 303 g/mol. The Labute approximate surface area is 134 Å². The van der Waals surface area contributed by atoms with Gasteiger partial charge in [0.1, 0.15) is 0 Å². The van der Waals surface area contributed by atoms with Gasteiger partial charge in [-0.3, -0.25) is 9.63 Å². The summed E-state index contributed by atoms with van der Waals surface area (Å²) in [7, 11) is 1.59. The molecule has 3 nitrogen and oxygen atoms in total. The van der Waals surface area contributed by atoms with Crippen LogP contribution in [0.2, 0.25) is 0 Å². The van der Waals surface area contributed by atoms with E-state index in [1.54, 1.807) is 7.11 Å². The van der Waals surface area contributed by atoms with Crippen molar-refractivity contribution >= 4 is 5.91 Å². The van der Waals surface area contributed by atoms with E-state index in [4.69, 9.17) is 4.84 Å². The van der Waals surface area contributed by atoms with E-state index in [9.17, 15) is 4.79 Å². The first-order valence-corrected chi connectivity index (χ1v) is 8.72. The lowest BCUT2D eigenvalue weighted by Gasteiger charge is -2.21. The van der Waals surface area contributed by atoms with E-state index in [0.717, 1.165) is 19.3 Å². The number of fused-ring (bicyclic) bond motifs is 1. The second-order valence-electron chi connectivity index (χ2n) is 6.21. The minimum absolute atomic E-state index is 0.104. The molecule has 0 radical (unpaired) electrons. The van der Waals surface area contributed by atoms with E-state index in [0.29, 0.717) is 13.0 Å². The topological polar surface area (TPSA) is 29.5 Å². The zero-order chi connectivity index (χ0) is 15.6. The van der Waals surface area contributed by atoms with Crippen molar-refractivity contribution in [1.82, 2.24) is 5.06 Å². The fourth-order valence-corrected chi connectivity index (χ4v) is 3.14. The van der Waals surface area contributed by atoms with Crippen molar-refractivity contribution < 1.29 is 9.63 Å². The van der Waals surface area contributed by atoms with Crippen LogP contribution in [0.3, 0.4) is 0 Å². The molecule has 0 N–H and O–H groups in total. The molecule has 0 saturated carbocycles. The fourth-order valence-electron chi connectivity index (χ4n) is 3.14. The highest BCUT2D eigenvalue weighted by Gasteiger charge is 2.15. The normalized spacial score (nSPS) is 19.1. The van der Waals surface area contributed by atoms with Gasteiger partial charge >= 0.3 is 0 Å². The number of carbonyl (C=O) groups is 1. The predicted molar refractivity (Wildman–Crippen MR) is 89.3 cm³/mol. The number of hydrogen-bond donors (Lipinski definition) is 0. The number of rotatable bonds is 1. The van der Waals surface area contributed by atoms with Crippen LogP contribution in [-0.2, 0) is 22.6 Å². The molecular weight excluding hydrogens is 274 g/mol. The first-order chi connectivity index (χ1) is 10.8. The third kappa shape index (κ3) is 5.45. The number of amides is 1. The number of hydrogen-bond acceptors (Lipinski definition) is 2. The monoisotopic (exact) mass is 303 g/mol.